The molecule has 8 heteroatoms. The van der Waals surface area contributed by atoms with E-state index in [-0.39, 0.29) is 23.4 Å². The number of sulfonamides is 1. The molecule has 0 radical (unpaired) electrons. The SMILES string of the molecule is COC(=O)c1ccc(S(=O)(=O)NC[C@@]2(O)CCOc3ccccc32)cc1. The number of aliphatic hydroxyl groups is 1. The van der Waals surface area contributed by atoms with Crippen molar-refractivity contribution in [1.29, 1.82) is 0 Å². The molecule has 138 valence electrons. The number of para-hydroxylation sites is 1. The normalized spacial score (nSPS) is 19.3. The summed E-state index contributed by atoms with van der Waals surface area (Å²) in [5.74, 6) is -0.00194. The summed E-state index contributed by atoms with van der Waals surface area (Å²) in [5, 5.41) is 10.9. The summed E-state index contributed by atoms with van der Waals surface area (Å²) < 4.78 is 37.5. The van der Waals surface area contributed by atoms with E-state index in [0.29, 0.717) is 17.9 Å². The summed E-state index contributed by atoms with van der Waals surface area (Å²) in [6, 6.07) is 12.4. The van der Waals surface area contributed by atoms with Crippen LogP contribution in [-0.2, 0) is 20.4 Å². The summed E-state index contributed by atoms with van der Waals surface area (Å²) in [7, 11) is -2.60. The Balaban J connectivity index is 1.78. The molecule has 2 aromatic carbocycles. The fraction of sp³-hybridized carbons (Fsp3) is 0.278. The molecule has 0 bridgehead atoms. The van der Waals surface area contributed by atoms with Crippen molar-refractivity contribution in [2.75, 3.05) is 20.3 Å². The van der Waals surface area contributed by atoms with E-state index in [2.05, 4.69) is 9.46 Å². The first-order valence-electron chi connectivity index (χ1n) is 7.98. The monoisotopic (exact) mass is 377 g/mol. The van der Waals surface area contributed by atoms with Gasteiger partial charge < -0.3 is 14.6 Å². The lowest BCUT2D eigenvalue weighted by molar-refractivity contribution is 0.00219. The first kappa shape index (κ1) is 18.4. The molecule has 7 nitrogen and oxygen atoms in total. The average molecular weight is 377 g/mol. The van der Waals surface area contributed by atoms with Gasteiger partial charge in [0.1, 0.15) is 11.4 Å². The molecule has 0 saturated carbocycles. The number of ether oxygens (including phenoxy) is 2. The van der Waals surface area contributed by atoms with Crippen LogP contribution in [0.25, 0.3) is 0 Å². The van der Waals surface area contributed by atoms with Gasteiger partial charge in [-0.3, -0.25) is 0 Å². The van der Waals surface area contributed by atoms with Crippen molar-refractivity contribution < 1.29 is 27.8 Å². The maximum Gasteiger partial charge on any atom is 0.337 e. The van der Waals surface area contributed by atoms with Crippen LogP contribution in [0.4, 0.5) is 0 Å². The third-order valence-electron chi connectivity index (χ3n) is 4.30. The lowest BCUT2D eigenvalue weighted by atomic mass is 9.88. The molecule has 1 aliphatic heterocycles. The van der Waals surface area contributed by atoms with Crippen LogP contribution in [0.1, 0.15) is 22.3 Å². The number of carbonyl (C=O) groups excluding carboxylic acids is 1. The minimum Gasteiger partial charge on any atom is -0.493 e. The van der Waals surface area contributed by atoms with Gasteiger partial charge in [0.15, 0.2) is 0 Å². The van der Waals surface area contributed by atoms with Crippen LogP contribution in [0.5, 0.6) is 5.75 Å². The van der Waals surface area contributed by atoms with E-state index in [1.807, 2.05) is 0 Å². The van der Waals surface area contributed by atoms with Crippen molar-refractivity contribution in [3.05, 3.63) is 59.7 Å². The molecule has 0 amide bonds. The summed E-state index contributed by atoms with van der Waals surface area (Å²) in [5.41, 5.74) is -0.549. The van der Waals surface area contributed by atoms with Crippen LogP contribution in [0.15, 0.2) is 53.4 Å². The number of hydrogen-bond donors (Lipinski definition) is 2. The molecule has 0 fully saturated rings. The predicted octanol–water partition coefficient (Wildman–Crippen LogP) is 1.42. The lowest BCUT2D eigenvalue weighted by Gasteiger charge is -2.34. The Morgan fingerprint density at radius 3 is 2.62 bits per heavy atom. The molecule has 0 spiro atoms. The van der Waals surface area contributed by atoms with Crippen molar-refractivity contribution in [3.63, 3.8) is 0 Å². The van der Waals surface area contributed by atoms with Crippen LogP contribution < -0.4 is 9.46 Å². The molecular weight excluding hydrogens is 358 g/mol. The van der Waals surface area contributed by atoms with Crippen molar-refractivity contribution >= 4 is 16.0 Å². The minimum absolute atomic E-state index is 0.00547. The Labute approximate surface area is 151 Å². The highest BCUT2D eigenvalue weighted by molar-refractivity contribution is 7.89. The first-order valence-corrected chi connectivity index (χ1v) is 9.47. The molecule has 0 saturated heterocycles. The van der Waals surface area contributed by atoms with Crippen molar-refractivity contribution in [1.82, 2.24) is 4.72 Å². The number of hydrogen-bond acceptors (Lipinski definition) is 6. The number of carbonyl (C=O) groups is 1. The van der Waals surface area contributed by atoms with E-state index in [0.717, 1.165) is 0 Å². The van der Waals surface area contributed by atoms with Gasteiger partial charge in [0.05, 0.1) is 24.2 Å². The van der Waals surface area contributed by atoms with Crippen LogP contribution in [0.3, 0.4) is 0 Å². The van der Waals surface area contributed by atoms with E-state index in [1.54, 1.807) is 24.3 Å². The molecule has 2 N–H and O–H groups in total. The Morgan fingerprint density at radius 2 is 1.92 bits per heavy atom. The van der Waals surface area contributed by atoms with Gasteiger partial charge in [-0.15, -0.1) is 0 Å². The molecule has 1 aliphatic rings. The molecule has 3 rings (SSSR count). The zero-order valence-corrected chi connectivity index (χ0v) is 15.0. The molecule has 26 heavy (non-hydrogen) atoms. The third-order valence-corrected chi connectivity index (χ3v) is 5.72. The number of nitrogens with one attached hydrogen (secondary N) is 1. The summed E-state index contributed by atoms with van der Waals surface area (Å²) in [4.78, 5) is 11.4. The zero-order valence-electron chi connectivity index (χ0n) is 14.1. The van der Waals surface area contributed by atoms with Gasteiger partial charge in [-0.05, 0) is 30.3 Å². The van der Waals surface area contributed by atoms with Crippen molar-refractivity contribution in [3.8, 4) is 5.75 Å². The van der Waals surface area contributed by atoms with Gasteiger partial charge >= 0.3 is 5.97 Å². The smallest absolute Gasteiger partial charge is 0.337 e. The van der Waals surface area contributed by atoms with Crippen molar-refractivity contribution in [2.45, 2.75) is 16.9 Å². The number of methoxy groups -OCH3 is 1. The maximum atomic E-state index is 12.5. The molecular formula is C18H19NO6S. The van der Waals surface area contributed by atoms with E-state index in [4.69, 9.17) is 4.74 Å². The Morgan fingerprint density at radius 1 is 1.23 bits per heavy atom. The summed E-state index contributed by atoms with van der Waals surface area (Å²) in [6.45, 7) is 0.109. The van der Waals surface area contributed by atoms with Gasteiger partial charge in [0, 0.05) is 18.5 Å². The van der Waals surface area contributed by atoms with Gasteiger partial charge in [-0.2, -0.15) is 0 Å². The minimum atomic E-state index is -3.85. The number of esters is 1. The lowest BCUT2D eigenvalue weighted by Crippen LogP contribution is -2.43. The Bertz CT molecular complexity index is 910. The average Bonchev–Trinajstić information content (AvgIpc) is 2.66. The van der Waals surface area contributed by atoms with E-state index in [9.17, 15) is 18.3 Å². The van der Waals surface area contributed by atoms with Crippen LogP contribution in [0, 0.1) is 0 Å². The number of rotatable bonds is 5. The van der Waals surface area contributed by atoms with Gasteiger partial charge in [-0.1, -0.05) is 18.2 Å². The third kappa shape index (κ3) is 3.57. The van der Waals surface area contributed by atoms with Crippen LogP contribution >= 0.6 is 0 Å². The second-order valence-corrected chi connectivity index (χ2v) is 7.73. The maximum absolute atomic E-state index is 12.5. The topological polar surface area (TPSA) is 102 Å². The fourth-order valence-electron chi connectivity index (χ4n) is 2.81. The Hall–Kier alpha value is -2.42. The molecule has 1 atom stereocenters. The Kier molecular flexibility index (Phi) is 4.99. The van der Waals surface area contributed by atoms with Gasteiger partial charge in [0.25, 0.3) is 0 Å². The van der Waals surface area contributed by atoms with E-state index in [1.165, 1.54) is 31.4 Å². The van der Waals surface area contributed by atoms with Crippen LogP contribution in [-0.4, -0.2) is 39.8 Å². The van der Waals surface area contributed by atoms with E-state index >= 15 is 0 Å². The van der Waals surface area contributed by atoms with Crippen molar-refractivity contribution in [2.24, 2.45) is 0 Å². The second kappa shape index (κ2) is 7.06. The highest BCUT2D eigenvalue weighted by Gasteiger charge is 2.36. The van der Waals surface area contributed by atoms with E-state index < -0.39 is 21.6 Å². The fourth-order valence-corrected chi connectivity index (χ4v) is 3.90. The molecule has 0 unspecified atom stereocenters. The molecule has 0 aliphatic carbocycles. The number of fused-ring (bicyclic) bond motifs is 1. The first-order chi connectivity index (χ1) is 12.4. The molecule has 0 aromatic heterocycles. The van der Waals surface area contributed by atoms with Crippen LogP contribution in [0.2, 0.25) is 0 Å². The van der Waals surface area contributed by atoms with Gasteiger partial charge in [-0.25, -0.2) is 17.9 Å². The molecule has 1 heterocycles. The predicted molar refractivity (Wildman–Crippen MR) is 93.4 cm³/mol. The number of benzene rings is 2. The summed E-state index contributed by atoms with van der Waals surface area (Å²) >= 11 is 0. The standard InChI is InChI=1S/C18H19NO6S/c1-24-17(20)13-6-8-14(9-7-13)26(22,23)19-12-18(21)10-11-25-16-5-3-2-4-15(16)18/h2-9,19,21H,10-12H2,1H3/t18-/m0/s1. The second-order valence-electron chi connectivity index (χ2n) is 5.97. The molecule has 2 aromatic rings. The highest BCUT2D eigenvalue weighted by Crippen LogP contribution is 2.36. The zero-order chi connectivity index (χ0) is 18.8. The highest BCUT2D eigenvalue weighted by atomic mass is 32.2. The van der Waals surface area contributed by atoms with Gasteiger partial charge in [0.2, 0.25) is 10.0 Å². The summed E-state index contributed by atoms with van der Waals surface area (Å²) in [6.07, 6.45) is 0.272. The quantitative estimate of drug-likeness (QED) is 0.764. The largest absolute Gasteiger partial charge is 0.493 e.